The van der Waals surface area contributed by atoms with E-state index in [-0.39, 0.29) is 25.0 Å². The van der Waals surface area contributed by atoms with Crippen molar-refractivity contribution in [3.05, 3.63) is 101 Å². The summed E-state index contributed by atoms with van der Waals surface area (Å²) in [5.41, 5.74) is 1.11. The quantitative estimate of drug-likeness (QED) is 0.298. The maximum absolute atomic E-state index is 13.2. The van der Waals surface area contributed by atoms with Gasteiger partial charge in [-0.25, -0.2) is 18.6 Å². The molecule has 2 atom stereocenters. The summed E-state index contributed by atoms with van der Waals surface area (Å²) in [6.45, 7) is 1.11. The second-order valence-electron chi connectivity index (χ2n) is 9.23. The summed E-state index contributed by atoms with van der Waals surface area (Å²) in [4.78, 5) is -0.495. The van der Waals surface area contributed by atoms with Gasteiger partial charge < -0.3 is 5.32 Å². The number of alkyl halides is 3. The van der Waals surface area contributed by atoms with E-state index in [0.29, 0.717) is 28.4 Å². The summed E-state index contributed by atoms with van der Waals surface area (Å²) in [6, 6.07) is 19.0. The van der Waals surface area contributed by atoms with Crippen LogP contribution in [-0.2, 0) is 26.2 Å². The highest BCUT2D eigenvalue weighted by Crippen LogP contribution is 2.31. The number of hydrogen-bond acceptors (Lipinski definition) is 5. The van der Waals surface area contributed by atoms with Crippen LogP contribution in [0, 0.1) is 0 Å². The van der Waals surface area contributed by atoms with Crippen molar-refractivity contribution >= 4 is 43.3 Å². The van der Waals surface area contributed by atoms with Crippen LogP contribution in [0.15, 0.2) is 93.3 Å². The van der Waals surface area contributed by atoms with Gasteiger partial charge in [0.1, 0.15) is 0 Å². The summed E-state index contributed by atoms with van der Waals surface area (Å²) in [7, 11) is -8.55. The normalized spacial score (nSPS) is 17.3. The average molecular weight is 628 g/mol. The third-order valence-electron chi connectivity index (χ3n) is 6.30. The van der Waals surface area contributed by atoms with Gasteiger partial charge in [-0.1, -0.05) is 54.1 Å². The molecule has 9 nitrogen and oxygen atoms in total. The van der Waals surface area contributed by atoms with Crippen LogP contribution < -0.4 is 10.5 Å². The Bertz CT molecular complexity index is 1660. The lowest BCUT2D eigenvalue weighted by atomic mass is 9.91. The molecule has 0 aliphatic carbocycles. The van der Waals surface area contributed by atoms with Crippen molar-refractivity contribution in [3.8, 4) is 0 Å². The van der Waals surface area contributed by atoms with Crippen LogP contribution in [0.1, 0.15) is 29.5 Å². The number of benzene rings is 3. The standard InChI is InChI=1S/C26H25ClF3N5O4S2/c1-17(40(31,36)37)15-32-25(34-41(38,39)22-13-9-20(10-14-22)26(28,29)30)35-16-23(18-5-3-2-4-6-18)24(33-35)19-7-11-21(27)12-8-19/h2-14,17,23H,15-16H2,1H3,(H,32,34)(H2,31,36,37)/t17?,23-/m0/s1. The van der Waals surface area contributed by atoms with Gasteiger partial charge in [-0.2, -0.15) is 26.7 Å². The Balaban J connectivity index is 1.77. The van der Waals surface area contributed by atoms with Crippen LogP contribution in [0.25, 0.3) is 0 Å². The molecule has 0 fully saturated rings. The second-order valence-corrected chi connectivity index (χ2v) is 13.3. The van der Waals surface area contributed by atoms with E-state index in [9.17, 15) is 30.0 Å². The minimum atomic E-state index is -4.66. The monoisotopic (exact) mass is 627 g/mol. The molecule has 15 heteroatoms. The van der Waals surface area contributed by atoms with Crippen LogP contribution in [0.3, 0.4) is 0 Å². The molecule has 218 valence electrons. The number of primary sulfonamides is 1. The van der Waals surface area contributed by atoms with Crippen LogP contribution in [-0.4, -0.2) is 51.9 Å². The zero-order valence-corrected chi connectivity index (χ0v) is 23.8. The van der Waals surface area contributed by atoms with Crippen LogP contribution >= 0.6 is 11.6 Å². The smallest absolute Gasteiger partial charge is 0.353 e. The molecule has 0 spiro atoms. The second kappa shape index (κ2) is 11.8. The Kier molecular flexibility index (Phi) is 8.78. The van der Waals surface area contributed by atoms with E-state index in [0.717, 1.165) is 17.7 Å². The van der Waals surface area contributed by atoms with Crippen LogP contribution in [0.2, 0.25) is 5.02 Å². The molecule has 1 heterocycles. The number of nitrogens with one attached hydrogen (secondary N) is 1. The molecule has 3 aromatic rings. The summed E-state index contributed by atoms with van der Waals surface area (Å²) in [5, 5.41) is 13.2. The van der Waals surface area contributed by atoms with Crippen molar-refractivity contribution in [2.24, 2.45) is 14.6 Å². The van der Waals surface area contributed by atoms with E-state index < -0.39 is 41.9 Å². The van der Waals surface area contributed by atoms with Gasteiger partial charge in [0, 0.05) is 17.5 Å². The van der Waals surface area contributed by atoms with Gasteiger partial charge in [-0.3, -0.25) is 0 Å². The molecule has 41 heavy (non-hydrogen) atoms. The minimum absolute atomic E-state index is 0.111. The third kappa shape index (κ3) is 7.44. The number of nitrogens with zero attached hydrogens (tertiary/aromatic N) is 3. The summed E-state index contributed by atoms with van der Waals surface area (Å²) in [6.07, 6.45) is -4.66. The number of rotatable bonds is 7. The molecule has 3 aromatic carbocycles. The highest BCUT2D eigenvalue weighted by atomic mass is 35.5. The van der Waals surface area contributed by atoms with Gasteiger partial charge in [-0.05, 0) is 54.4 Å². The first kappa shape index (κ1) is 30.5. The molecule has 4 rings (SSSR count). The lowest BCUT2D eigenvalue weighted by Crippen LogP contribution is -2.44. The molecule has 1 aliphatic rings. The molecular weight excluding hydrogens is 603 g/mol. The molecule has 0 bridgehead atoms. The maximum Gasteiger partial charge on any atom is 0.416 e. The first-order valence-corrected chi connectivity index (χ1v) is 15.5. The Hall–Kier alpha value is -3.46. The van der Waals surface area contributed by atoms with Crippen molar-refractivity contribution in [1.82, 2.24) is 10.3 Å². The van der Waals surface area contributed by atoms with E-state index >= 15 is 0 Å². The van der Waals surface area contributed by atoms with Gasteiger partial charge >= 0.3 is 6.18 Å². The fourth-order valence-electron chi connectivity index (χ4n) is 3.97. The molecule has 3 N–H and O–H groups in total. The lowest BCUT2D eigenvalue weighted by Gasteiger charge is -2.21. The van der Waals surface area contributed by atoms with E-state index in [4.69, 9.17) is 16.7 Å². The average Bonchev–Trinajstić information content (AvgIpc) is 3.36. The summed E-state index contributed by atoms with van der Waals surface area (Å²) < 4.78 is 92.9. The van der Waals surface area contributed by atoms with E-state index in [1.54, 1.807) is 24.3 Å². The third-order valence-corrected chi connectivity index (χ3v) is 9.12. The highest BCUT2D eigenvalue weighted by Gasteiger charge is 2.34. The fraction of sp³-hybridized carbons (Fsp3) is 0.231. The summed E-state index contributed by atoms with van der Waals surface area (Å²) in [5.74, 6) is -0.681. The molecule has 1 aliphatic heterocycles. The maximum atomic E-state index is 13.2. The van der Waals surface area contributed by atoms with Gasteiger partial charge in [0.2, 0.25) is 16.0 Å². The highest BCUT2D eigenvalue weighted by molar-refractivity contribution is 7.90. The Morgan fingerprint density at radius 2 is 1.66 bits per heavy atom. The largest absolute Gasteiger partial charge is 0.416 e. The predicted octanol–water partition coefficient (Wildman–Crippen LogP) is 4.17. The first-order valence-electron chi connectivity index (χ1n) is 12.1. The molecule has 0 amide bonds. The Morgan fingerprint density at radius 3 is 2.22 bits per heavy atom. The van der Waals surface area contributed by atoms with Crippen molar-refractivity contribution in [2.45, 2.75) is 29.2 Å². The van der Waals surface area contributed by atoms with Gasteiger partial charge in [0.25, 0.3) is 10.0 Å². The zero-order chi connectivity index (χ0) is 30.0. The molecule has 0 radical (unpaired) electrons. The molecular formula is C26H25ClF3N5O4S2. The van der Waals surface area contributed by atoms with Crippen LogP contribution in [0.4, 0.5) is 13.2 Å². The zero-order valence-electron chi connectivity index (χ0n) is 21.5. The lowest BCUT2D eigenvalue weighted by molar-refractivity contribution is -0.137. The van der Waals surface area contributed by atoms with Crippen molar-refractivity contribution in [2.75, 3.05) is 13.1 Å². The SMILES string of the molecule is CC(CN/C(=N\S(=O)(=O)c1ccc(C(F)(F)F)cc1)N1C[C@@H](c2ccccc2)C(c2ccc(Cl)cc2)=N1)S(N)(=O)=O. The van der Waals surface area contributed by atoms with Gasteiger partial charge in [0.15, 0.2) is 0 Å². The number of guanidine groups is 1. The van der Waals surface area contributed by atoms with Crippen molar-refractivity contribution in [3.63, 3.8) is 0 Å². The predicted molar refractivity (Wildman–Crippen MR) is 151 cm³/mol. The van der Waals surface area contributed by atoms with Crippen molar-refractivity contribution < 1.29 is 30.0 Å². The van der Waals surface area contributed by atoms with E-state index in [1.807, 2.05) is 30.3 Å². The van der Waals surface area contributed by atoms with Gasteiger partial charge in [-0.15, -0.1) is 4.40 Å². The number of nitrogens with two attached hydrogens (primary N) is 1. The number of hydrogen-bond donors (Lipinski definition) is 2. The number of hydrazone groups is 1. The molecule has 1 unspecified atom stereocenters. The fourth-order valence-corrected chi connectivity index (χ4v) is 5.38. The minimum Gasteiger partial charge on any atom is -0.353 e. The van der Waals surface area contributed by atoms with Gasteiger partial charge in [0.05, 0.1) is 28.0 Å². The van der Waals surface area contributed by atoms with Crippen LogP contribution in [0.5, 0.6) is 0 Å². The van der Waals surface area contributed by atoms with Crippen molar-refractivity contribution in [1.29, 1.82) is 0 Å². The molecule has 0 saturated carbocycles. The Morgan fingerprint density at radius 1 is 1.05 bits per heavy atom. The topological polar surface area (TPSA) is 134 Å². The first-order chi connectivity index (χ1) is 19.1. The van der Waals surface area contributed by atoms with E-state index in [2.05, 4.69) is 14.8 Å². The molecule has 0 saturated heterocycles. The Labute approximate surface area is 240 Å². The number of sulfonamides is 2. The summed E-state index contributed by atoms with van der Waals surface area (Å²) >= 11 is 6.06. The molecule has 0 aromatic heterocycles. The van der Waals surface area contributed by atoms with E-state index in [1.165, 1.54) is 11.9 Å². The number of halogens is 4.